The molecule has 61 heavy (non-hydrogen) atoms. The Morgan fingerprint density at radius 2 is 0.820 bits per heavy atom. The number of carboxylic acid groups (broad SMARTS) is 3. The van der Waals surface area contributed by atoms with Crippen molar-refractivity contribution in [3.8, 4) is 0 Å². The number of nitrogens with zero attached hydrogens (tertiary/aromatic N) is 1. The van der Waals surface area contributed by atoms with Crippen molar-refractivity contribution in [2.24, 2.45) is 35.5 Å². The first-order valence-corrected chi connectivity index (χ1v) is 24.1. The molecule has 3 aromatic heterocycles. The van der Waals surface area contributed by atoms with Crippen LogP contribution in [0.25, 0.3) is 30.3 Å². The molecule has 320 valence electrons. The van der Waals surface area contributed by atoms with E-state index in [2.05, 4.69) is 93.6 Å². The van der Waals surface area contributed by atoms with E-state index >= 15 is 0 Å². The molecule has 6 atom stereocenters. The van der Waals surface area contributed by atoms with E-state index in [0.717, 1.165) is 89.3 Å². The Labute approximate surface area is 368 Å². The van der Waals surface area contributed by atoms with Crippen molar-refractivity contribution < 1.29 is 29.7 Å². The first-order chi connectivity index (χ1) is 29.6. The standard InChI is InChI=1S/C48H54N4O6S3/c53-46(54)40(34-7-10-49-22-34)19-37-16-31-4-1-28(13-43(31)59-37)25-52(26-29-2-5-32-17-38(60-44(32)14-29)20-41(47(55)56)35-8-11-50-23-35)27-30-3-6-33-18-39(61-45(33)15-30)21-42(48(57)58)36-9-12-51-24-36/h1-6,13-18,34-36,40-42,49-51H,7-12,19-27H2,(H,53,54)(H,55,56)(H,57,58). The van der Waals surface area contributed by atoms with Crippen molar-refractivity contribution >= 4 is 82.2 Å². The van der Waals surface area contributed by atoms with E-state index < -0.39 is 35.7 Å². The lowest BCUT2D eigenvalue weighted by atomic mass is 9.88. The molecule has 3 aliphatic heterocycles. The van der Waals surface area contributed by atoms with Crippen molar-refractivity contribution in [2.45, 2.75) is 58.2 Å². The van der Waals surface area contributed by atoms with Gasteiger partial charge >= 0.3 is 17.9 Å². The van der Waals surface area contributed by atoms with Gasteiger partial charge in [0.2, 0.25) is 0 Å². The summed E-state index contributed by atoms with van der Waals surface area (Å²) in [7, 11) is 0. The van der Waals surface area contributed by atoms with Gasteiger partial charge < -0.3 is 31.3 Å². The largest absolute Gasteiger partial charge is 0.481 e. The lowest BCUT2D eigenvalue weighted by Gasteiger charge is -2.23. The summed E-state index contributed by atoms with van der Waals surface area (Å²) in [5, 5.41) is 43.7. The van der Waals surface area contributed by atoms with Gasteiger partial charge in [-0.25, -0.2) is 0 Å². The van der Waals surface area contributed by atoms with Gasteiger partial charge in [0.1, 0.15) is 0 Å². The molecule has 3 aromatic carbocycles. The maximum atomic E-state index is 12.3. The molecule has 3 aliphatic rings. The fourth-order valence-electron chi connectivity index (χ4n) is 10.0. The number of rotatable bonds is 18. The van der Waals surface area contributed by atoms with E-state index in [1.54, 1.807) is 34.0 Å². The van der Waals surface area contributed by atoms with E-state index in [9.17, 15) is 29.7 Å². The number of thiophene rings is 3. The van der Waals surface area contributed by atoms with Crippen LogP contribution in [0.1, 0.15) is 50.6 Å². The SMILES string of the molecule is O=C(O)C(Cc1cc2ccc(CN(Cc3ccc4cc(CC(C(=O)O)C5CCNC5)sc4c3)Cc3ccc4cc(CC(C(=O)O)C5CCNC5)sc4c3)cc2s1)C1CCNC1. The van der Waals surface area contributed by atoms with E-state index in [1.165, 1.54) is 30.8 Å². The molecule has 6 heterocycles. The van der Waals surface area contributed by atoms with Gasteiger partial charge in [-0.2, -0.15) is 0 Å². The molecule has 0 amide bonds. The molecule has 6 N–H and O–H groups in total. The van der Waals surface area contributed by atoms with Crippen LogP contribution in [0.3, 0.4) is 0 Å². The van der Waals surface area contributed by atoms with Gasteiger partial charge in [0.05, 0.1) is 17.8 Å². The Bertz CT molecular complexity index is 2250. The van der Waals surface area contributed by atoms with Crippen LogP contribution in [0.2, 0.25) is 0 Å². The van der Waals surface area contributed by atoms with E-state index in [4.69, 9.17) is 0 Å². The number of nitrogens with one attached hydrogen (secondary N) is 3. The smallest absolute Gasteiger partial charge is 0.307 e. The Morgan fingerprint density at radius 1 is 0.508 bits per heavy atom. The van der Waals surface area contributed by atoms with Crippen molar-refractivity contribution in [1.29, 1.82) is 0 Å². The van der Waals surface area contributed by atoms with Crippen LogP contribution < -0.4 is 16.0 Å². The summed E-state index contributed by atoms with van der Waals surface area (Å²) in [5.74, 6) is -2.86. The van der Waals surface area contributed by atoms with Crippen LogP contribution in [0.15, 0.2) is 72.8 Å². The number of aliphatic carboxylic acids is 3. The van der Waals surface area contributed by atoms with Crippen LogP contribution in [-0.4, -0.2) is 77.4 Å². The molecule has 0 spiro atoms. The molecule has 0 aliphatic carbocycles. The highest BCUT2D eigenvalue weighted by Crippen LogP contribution is 2.36. The topological polar surface area (TPSA) is 151 Å². The van der Waals surface area contributed by atoms with Gasteiger partial charge in [0, 0.05) is 48.4 Å². The fourth-order valence-corrected chi connectivity index (χ4v) is 13.6. The highest BCUT2D eigenvalue weighted by atomic mass is 32.1. The van der Waals surface area contributed by atoms with Gasteiger partial charge in [-0.1, -0.05) is 36.4 Å². The quantitative estimate of drug-likeness (QED) is 0.0500. The summed E-state index contributed by atoms with van der Waals surface area (Å²) in [6.07, 6.45) is 4.34. The summed E-state index contributed by atoms with van der Waals surface area (Å²) < 4.78 is 3.51. The molecular formula is C48H54N4O6S3. The Balaban J connectivity index is 0.966. The number of fused-ring (bicyclic) bond motifs is 3. The molecule has 0 bridgehead atoms. The summed E-state index contributed by atoms with van der Waals surface area (Å²) in [5.41, 5.74) is 3.57. The summed E-state index contributed by atoms with van der Waals surface area (Å²) in [6, 6.07) is 26.4. The predicted octanol–water partition coefficient (Wildman–Crippen LogP) is 8.09. The monoisotopic (exact) mass is 878 g/mol. The number of benzene rings is 3. The number of carboxylic acids is 3. The molecule has 3 saturated heterocycles. The Kier molecular flexibility index (Phi) is 12.9. The minimum atomic E-state index is -0.714. The molecule has 3 fully saturated rings. The third-order valence-electron chi connectivity index (χ3n) is 13.3. The normalized spacial score (nSPS) is 20.9. The highest BCUT2D eigenvalue weighted by Gasteiger charge is 2.33. The fraction of sp³-hybridized carbons (Fsp3) is 0.438. The third kappa shape index (κ3) is 9.88. The van der Waals surface area contributed by atoms with Gasteiger partial charge in [0.25, 0.3) is 0 Å². The van der Waals surface area contributed by atoms with Gasteiger partial charge in [-0.3, -0.25) is 19.3 Å². The number of hydrogen-bond acceptors (Lipinski definition) is 10. The van der Waals surface area contributed by atoms with Crippen molar-refractivity contribution in [3.05, 3.63) is 104 Å². The van der Waals surface area contributed by atoms with Crippen LogP contribution in [0, 0.1) is 35.5 Å². The summed E-state index contributed by atoms with van der Waals surface area (Å²) in [6.45, 7) is 7.04. The molecule has 0 saturated carbocycles. The molecule has 10 nitrogen and oxygen atoms in total. The molecule has 9 rings (SSSR count). The van der Waals surface area contributed by atoms with Crippen LogP contribution in [0.5, 0.6) is 0 Å². The molecule has 6 unspecified atom stereocenters. The minimum Gasteiger partial charge on any atom is -0.481 e. The zero-order chi connectivity index (χ0) is 42.0. The predicted molar refractivity (Wildman–Crippen MR) is 246 cm³/mol. The summed E-state index contributed by atoms with van der Waals surface area (Å²) >= 11 is 5.12. The van der Waals surface area contributed by atoms with E-state index in [1.807, 2.05) is 0 Å². The third-order valence-corrected chi connectivity index (χ3v) is 16.7. The second-order valence-electron chi connectivity index (χ2n) is 17.6. The Morgan fingerprint density at radius 3 is 1.08 bits per heavy atom. The molecule has 0 radical (unpaired) electrons. The van der Waals surface area contributed by atoms with Crippen molar-refractivity contribution in [2.75, 3.05) is 39.3 Å². The maximum Gasteiger partial charge on any atom is 0.307 e. The lowest BCUT2D eigenvalue weighted by molar-refractivity contribution is -0.144. The molecule has 13 heteroatoms. The van der Waals surface area contributed by atoms with Crippen LogP contribution in [-0.2, 0) is 53.3 Å². The highest BCUT2D eigenvalue weighted by molar-refractivity contribution is 7.19. The zero-order valence-corrected chi connectivity index (χ0v) is 36.7. The Hall–Kier alpha value is -4.21. The zero-order valence-electron chi connectivity index (χ0n) is 34.2. The number of carbonyl (C=O) groups is 3. The van der Waals surface area contributed by atoms with Crippen LogP contribution >= 0.6 is 34.0 Å². The van der Waals surface area contributed by atoms with Crippen LogP contribution in [0.4, 0.5) is 0 Å². The maximum absolute atomic E-state index is 12.3. The second kappa shape index (κ2) is 18.6. The first kappa shape index (κ1) is 42.1. The van der Waals surface area contributed by atoms with E-state index in [-0.39, 0.29) is 17.8 Å². The lowest BCUT2D eigenvalue weighted by Crippen LogP contribution is -2.27. The molecule has 6 aromatic rings. The molecular weight excluding hydrogens is 825 g/mol. The summed E-state index contributed by atoms with van der Waals surface area (Å²) in [4.78, 5) is 42.7. The second-order valence-corrected chi connectivity index (χ2v) is 21.1. The van der Waals surface area contributed by atoms with Gasteiger partial charge in [-0.15, -0.1) is 34.0 Å². The van der Waals surface area contributed by atoms with Crippen molar-refractivity contribution in [3.63, 3.8) is 0 Å². The van der Waals surface area contributed by atoms with Gasteiger partial charge in [0.15, 0.2) is 0 Å². The van der Waals surface area contributed by atoms with Gasteiger partial charge in [-0.05, 0) is 165 Å². The van der Waals surface area contributed by atoms with Crippen molar-refractivity contribution in [1.82, 2.24) is 20.9 Å². The average Bonchev–Trinajstić information content (AvgIpc) is 4.08. The average molecular weight is 879 g/mol. The number of hydrogen-bond donors (Lipinski definition) is 6. The van der Waals surface area contributed by atoms with E-state index in [0.29, 0.717) is 38.9 Å². The minimum absolute atomic E-state index is 0.152. The first-order valence-electron chi connectivity index (χ1n) is 21.7.